The molecule has 26 heavy (non-hydrogen) atoms. The molecule has 0 aliphatic carbocycles. The van der Waals surface area contributed by atoms with E-state index in [1.807, 2.05) is 36.5 Å². The second-order valence-corrected chi connectivity index (χ2v) is 7.39. The molecule has 1 heterocycles. The van der Waals surface area contributed by atoms with Crippen LogP contribution in [0.1, 0.15) is 6.42 Å². The number of aromatic nitrogens is 1. The molecular weight excluding hydrogens is 356 g/mol. The van der Waals surface area contributed by atoms with Crippen molar-refractivity contribution >= 4 is 32.3 Å². The SMILES string of the molecule is NS(=O)(=O)c1ccc(NCCCn2ccc3ccccc32)c([N+](=O)[O-])c1. The van der Waals surface area contributed by atoms with E-state index in [0.29, 0.717) is 6.54 Å². The molecule has 0 amide bonds. The molecule has 9 heteroatoms. The number of nitrogens with two attached hydrogens (primary N) is 1. The maximum Gasteiger partial charge on any atom is 0.293 e. The molecule has 0 aliphatic heterocycles. The van der Waals surface area contributed by atoms with Crippen LogP contribution in [-0.4, -0.2) is 24.5 Å². The first-order valence-corrected chi connectivity index (χ1v) is 9.50. The normalized spacial score (nSPS) is 11.6. The Balaban J connectivity index is 1.67. The van der Waals surface area contributed by atoms with E-state index in [9.17, 15) is 18.5 Å². The first kappa shape index (κ1) is 17.9. The van der Waals surface area contributed by atoms with Crippen molar-refractivity contribution in [2.24, 2.45) is 5.14 Å². The van der Waals surface area contributed by atoms with Gasteiger partial charge in [0.2, 0.25) is 10.0 Å². The minimum Gasteiger partial charge on any atom is -0.379 e. The summed E-state index contributed by atoms with van der Waals surface area (Å²) in [5.41, 5.74) is 1.08. The molecule has 0 aliphatic rings. The highest BCUT2D eigenvalue weighted by Crippen LogP contribution is 2.27. The number of primary sulfonamides is 1. The predicted molar refractivity (Wildman–Crippen MR) is 99.5 cm³/mol. The van der Waals surface area contributed by atoms with Crippen molar-refractivity contribution in [3.8, 4) is 0 Å². The molecule has 2 aromatic carbocycles. The molecule has 0 saturated heterocycles. The van der Waals surface area contributed by atoms with E-state index < -0.39 is 14.9 Å². The molecule has 3 aromatic rings. The Morgan fingerprint density at radius 3 is 2.65 bits per heavy atom. The first-order chi connectivity index (χ1) is 12.4. The molecule has 0 fully saturated rings. The zero-order valence-corrected chi connectivity index (χ0v) is 14.6. The van der Waals surface area contributed by atoms with Crippen molar-refractivity contribution in [3.05, 3.63) is 64.8 Å². The van der Waals surface area contributed by atoms with Crippen LogP contribution in [0.15, 0.2) is 59.6 Å². The van der Waals surface area contributed by atoms with Crippen molar-refractivity contribution in [3.63, 3.8) is 0 Å². The van der Waals surface area contributed by atoms with Gasteiger partial charge < -0.3 is 9.88 Å². The predicted octanol–water partition coefficient (Wildman–Crippen LogP) is 2.70. The summed E-state index contributed by atoms with van der Waals surface area (Å²) in [6.07, 6.45) is 2.75. The Bertz CT molecular complexity index is 1060. The number of benzene rings is 2. The highest BCUT2D eigenvalue weighted by molar-refractivity contribution is 7.89. The second kappa shape index (κ2) is 7.14. The number of fused-ring (bicyclic) bond motifs is 1. The Morgan fingerprint density at radius 2 is 1.92 bits per heavy atom. The molecule has 3 N–H and O–H groups in total. The second-order valence-electron chi connectivity index (χ2n) is 5.83. The quantitative estimate of drug-likeness (QED) is 0.374. The summed E-state index contributed by atoms with van der Waals surface area (Å²) in [5.74, 6) is 0. The Hall–Kier alpha value is -2.91. The molecule has 0 unspecified atom stereocenters. The summed E-state index contributed by atoms with van der Waals surface area (Å²) < 4.78 is 24.8. The van der Waals surface area contributed by atoms with Gasteiger partial charge in [0.15, 0.2) is 0 Å². The zero-order valence-electron chi connectivity index (χ0n) is 13.8. The third-order valence-corrected chi connectivity index (χ3v) is 4.98. The number of anilines is 1. The Morgan fingerprint density at radius 1 is 1.15 bits per heavy atom. The molecular formula is C17H18N4O4S. The number of nitrogens with one attached hydrogen (secondary N) is 1. The lowest BCUT2D eigenvalue weighted by Gasteiger charge is -2.09. The van der Waals surface area contributed by atoms with Crippen molar-refractivity contribution < 1.29 is 13.3 Å². The van der Waals surface area contributed by atoms with E-state index in [1.165, 1.54) is 12.1 Å². The van der Waals surface area contributed by atoms with Gasteiger partial charge in [0.1, 0.15) is 5.69 Å². The van der Waals surface area contributed by atoms with Crippen LogP contribution in [0.2, 0.25) is 0 Å². The fourth-order valence-electron chi connectivity index (χ4n) is 2.80. The third-order valence-electron chi connectivity index (χ3n) is 4.07. The van der Waals surface area contributed by atoms with Gasteiger partial charge in [-0.3, -0.25) is 10.1 Å². The Kier molecular flexibility index (Phi) is 4.92. The standard InChI is InChI=1S/C17H18N4O4S/c18-26(24,25)14-6-7-15(17(12-14)21(22)23)19-9-3-10-20-11-8-13-4-1-2-5-16(13)20/h1-2,4-8,11-12,19H,3,9-10H2,(H2,18,24,25). The van der Waals surface area contributed by atoms with Gasteiger partial charge in [0.25, 0.3) is 5.69 Å². The third kappa shape index (κ3) is 3.84. The van der Waals surface area contributed by atoms with Crippen LogP contribution >= 0.6 is 0 Å². The van der Waals surface area contributed by atoms with Crippen LogP contribution in [-0.2, 0) is 16.6 Å². The first-order valence-electron chi connectivity index (χ1n) is 7.95. The number of hydrogen-bond acceptors (Lipinski definition) is 5. The molecule has 0 saturated carbocycles. The molecule has 1 aromatic heterocycles. The number of aryl methyl sites for hydroxylation is 1. The highest BCUT2D eigenvalue weighted by Gasteiger charge is 2.18. The number of hydrogen-bond donors (Lipinski definition) is 2. The summed E-state index contributed by atoms with van der Waals surface area (Å²) in [7, 11) is -3.99. The van der Waals surface area contributed by atoms with E-state index in [2.05, 4.69) is 9.88 Å². The minimum atomic E-state index is -3.99. The van der Waals surface area contributed by atoms with Crippen LogP contribution in [0.4, 0.5) is 11.4 Å². The molecule has 0 spiro atoms. The van der Waals surface area contributed by atoms with Crippen molar-refractivity contribution in [1.29, 1.82) is 0 Å². The number of nitro groups is 1. The van der Waals surface area contributed by atoms with E-state index >= 15 is 0 Å². The molecule has 0 atom stereocenters. The van der Waals surface area contributed by atoms with Crippen LogP contribution in [0.5, 0.6) is 0 Å². The van der Waals surface area contributed by atoms with Gasteiger partial charge >= 0.3 is 0 Å². The van der Waals surface area contributed by atoms with E-state index in [4.69, 9.17) is 5.14 Å². The summed E-state index contributed by atoms with van der Waals surface area (Å²) in [6.45, 7) is 1.26. The number of nitrogens with zero attached hydrogens (tertiary/aromatic N) is 2. The van der Waals surface area contributed by atoms with Crippen molar-refractivity contribution in [2.75, 3.05) is 11.9 Å². The minimum absolute atomic E-state index is 0.264. The summed E-state index contributed by atoms with van der Waals surface area (Å²) in [6, 6.07) is 13.7. The molecule has 0 bridgehead atoms. The molecule has 136 valence electrons. The summed E-state index contributed by atoms with van der Waals surface area (Å²) in [4.78, 5) is 10.3. The van der Waals surface area contributed by atoms with Gasteiger partial charge in [0.05, 0.1) is 9.82 Å². The topological polar surface area (TPSA) is 120 Å². The van der Waals surface area contributed by atoms with Gasteiger partial charge in [-0.15, -0.1) is 0 Å². The lowest BCUT2D eigenvalue weighted by atomic mass is 10.2. The lowest BCUT2D eigenvalue weighted by Crippen LogP contribution is -2.13. The Labute approximate surface area is 150 Å². The fraction of sp³-hybridized carbons (Fsp3) is 0.176. The van der Waals surface area contributed by atoms with Crippen LogP contribution in [0.25, 0.3) is 10.9 Å². The monoisotopic (exact) mass is 374 g/mol. The maximum absolute atomic E-state index is 11.3. The molecule has 3 rings (SSSR count). The number of sulfonamides is 1. The zero-order chi connectivity index (χ0) is 18.7. The average molecular weight is 374 g/mol. The van der Waals surface area contributed by atoms with E-state index in [1.54, 1.807) is 0 Å². The summed E-state index contributed by atoms with van der Waals surface area (Å²) >= 11 is 0. The highest BCUT2D eigenvalue weighted by atomic mass is 32.2. The van der Waals surface area contributed by atoms with E-state index in [-0.39, 0.29) is 16.3 Å². The van der Waals surface area contributed by atoms with Gasteiger partial charge in [-0.1, -0.05) is 18.2 Å². The fourth-order valence-corrected chi connectivity index (χ4v) is 3.33. The van der Waals surface area contributed by atoms with Crippen LogP contribution < -0.4 is 10.5 Å². The van der Waals surface area contributed by atoms with Crippen LogP contribution in [0, 0.1) is 10.1 Å². The molecule has 8 nitrogen and oxygen atoms in total. The average Bonchev–Trinajstić information content (AvgIpc) is 3.01. The lowest BCUT2D eigenvalue weighted by molar-refractivity contribution is -0.384. The maximum atomic E-state index is 11.3. The van der Waals surface area contributed by atoms with Gasteiger partial charge in [-0.25, -0.2) is 13.6 Å². The largest absolute Gasteiger partial charge is 0.379 e. The number of para-hydroxylation sites is 1. The number of rotatable bonds is 7. The van der Waals surface area contributed by atoms with Gasteiger partial charge in [0, 0.05) is 30.9 Å². The van der Waals surface area contributed by atoms with Gasteiger partial charge in [-0.05, 0) is 36.1 Å². The smallest absolute Gasteiger partial charge is 0.293 e. The summed E-state index contributed by atoms with van der Waals surface area (Å²) in [5, 5.41) is 20.4. The van der Waals surface area contributed by atoms with Crippen molar-refractivity contribution in [2.45, 2.75) is 17.9 Å². The van der Waals surface area contributed by atoms with E-state index in [0.717, 1.165) is 29.9 Å². The van der Waals surface area contributed by atoms with Gasteiger partial charge in [-0.2, -0.15) is 0 Å². The van der Waals surface area contributed by atoms with Crippen LogP contribution in [0.3, 0.4) is 0 Å². The van der Waals surface area contributed by atoms with Crippen molar-refractivity contribution in [1.82, 2.24) is 4.57 Å². The molecule has 0 radical (unpaired) electrons. The number of nitro benzene ring substituents is 1.